The van der Waals surface area contributed by atoms with Gasteiger partial charge in [0.2, 0.25) is 5.91 Å². The predicted octanol–water partition coefficient (Wildman–Crippen LogP) is 2.88. The topological polar surface area (TPSA) is 32.3 Å². The van der Waals surface area contributed by atoms with E-state index in [1.807, 2.05) is 0 Å². The molecule has 1 aromatic carbocycles. The molecule has 1 fully saturated rings. The van der Waals surface area contributed by atoms with E-state index in [9.17, 15) is 18.0 Å². The Bertz CT molecular complexity index is 502. The molecule has 0 radical (unpaired) electrons. The van der Waals surface area contributed by atoms with Crippen LogP contribution < -0.4 is 5.32 Å². The molecule has 1 aliphatic heterocycles. The fraction of sp³-hybridized carbons (Fsp3) is 0.533. The summed E-state index contributed by atoms with van der Waals surface area (Å²) in [4.78, 5) is 13.9. The number of likely N-dealkylation sites (N-methyl/N-ethyl adjacent to an activating group) is 1. The van der Waals surface area contributed by atoms with Gasteiger partial charge in [-0.1, -0.05) is 18.2 Å². The third-order valence-electron chi connectivity index (χ3n) is 3.86. The highest BCUT2D eigenvalue weighted by molar-refractivity contribution is 5.85. The third-order valence-corrected chi connectivity index (χ3v) is 3.86. The number of nitrogens with one attached hydrogen (secondary N) is 1. The zero-order valence-electron chi connectivity index (χ0n) is 12.3. The van der Waals surface area contributed by atoms with Gasteiger partial charge in [0.1, 0.15) is 0 Å². The SMILES string of the molecule is CN(C(=O)Cc1cccc(C(F)(F)F)c1)C1CCNCC1.Cl. The second-order valence-electron chi connectivity index (χ2n) is 5.36. The lowest BCUT2D eigenvalue weighted by molar-refractivity contribution is -0.138. The summed E-state index contributed by atoms with van der Waals surface area (Å²) in [7, 11) is 1.73. The highest BCUT2D eigenvalue weighted by Crippen LogP contribution is 2.29. The van der Waals surface area contributed by atoms with E-state index < -0.39 is 11.7 Å². The lowest BCUT2D eigenvalue weighted by Gasteiger charge is -2.31. The van der Waals surface area contributed by atoms with E-state index >= 15 is 0 Å². The number of rotatable bonds is 3. The summed E-state index contributed by atoms with van der Waals surface area (Å²) in [5.41, 5.74) is -0.312. The van der Waals surface area contributed by atoms with Gasteiger partial charge in [-0.25, -0.2) is 0 Å². The number of benzene rings is 1. The van der Waals surface area contributed by atoms with Crippen molar-refractivity contribution in [1.29, 1.82) is 0 Å². The molecule has 0 atom stereocenters. The van der Waals surface area contributed by atoms with Crippen LogP contribution in [0, 0.1) is 0 Å². The van der Waals surface area contributed by atoms with E-state index in [0.717, 1.165) is 38.1 Å². The fourth-order valence-electron chi connectivity index (χ4n) is 2.55. The summed E-state index contributed by atoms with van der Waals surface area (Å²) in [5.74, 6) is -0.138. The van der Waals surface area contributed by atoms with Crippen LogP contribution in [-0.4, -0.2) is 37.0 Å². The molecule has 7 heteroatoms. The van der Waals surface area contributed by atoms with Gasteiger partial charge in [0.15, 0.2) is 0 Å². The predicted molar refractivity (Wildman–Crippen MR) is 81.1 cm³/mol. The number of carbonyl (C=O) groups excluding carboxylic acids is 1. The Balaban J connectivity index is 0.00000242. The zero-order chi connectivity index (χ0) is 15.5. The summed E-state index contributed by atoms with van der Waals surface area (Å²) < 4.78 is 38.0. The minimum absolute atomic E-state index is 0. The molecule has 1 amide bonds. The number of alkyl halides is 3. The van der Waals surface area contributed by atoms with Crippen LogP contribution in [0.1, 0.15) is 24.0 Å². The molecule has 2 rings (SSSR count). The van der Waals surface area contributed by atoms with Crippen molar-refractivity contribution in [2.24, 2.45) is 0 Å². The van der Waals surface area contributed by atoms with Crippen molar-refractivity contribution in [3.63, 3.8) is 0 Å². The standard InChI is InChI=1S/C15H19F3N2O.ClH/c1-20(13-5-7-19-8-6-13)14(21)10-11-3-2-4-12(9-11)15(16,17)18;/h2-4,9,13,19H,5-8,10H2,1H3;1H. The average molecular weight is 337 g/mol. The smallest absolute Gasteiger partial charge is 0.342 e. The lowest BCUT2D eigenvalue weighted by Crippen LogP contribution is -2.44. The van der Waals surface area contributed by atoms with Crippen LogP contribution in [0.5, 0.6) is 0 Å². The van der Waals surface area contributed by atoms with Crippen molar-refractivity contribution in [3.05, 3.63) is 35.4 Å². The van der Waals surface area contributed by atoms with E-state index in [1.54, 1.807) is 18.0 Å². The first-order chi connectivity index (χ1) is 9.88. The van der Waals surface area contributed by atoms with Crippen LogP contribution in [0.25, 0.3) is 0 Å². The Morgan fingerprint density at radius 2 is 1.95 bits per heavy atom. The van der Waals surface area contributed by atoms with Gasteiger partial charge in [-0.15, -0.1) is 12.4 Å². The Kier molecular flexibility index (Phi) is 6.68. The molecule has 0 unspecified atom stereocenters. The maximum absolute atomic E-state index is 12.7. The van der Waals surface area contributed by atoms with Crippen molar-refractivity contribution >= 4 is 18.3 Å². The molecule has 1 saturated heterocycles. The Labute approximate surface area is 134 Å². The molecule has 1 aliphatic rings. The molecule has 1 N–H and O–H groups in total. The van der Waals surface area contributed by atoms with E-state index in [2.05, 4.69) is 5.32 Å². The first-order valence-electron chi connectivity index (χ1n) is 7.00. The molecule has 0 saturated carbocycles. The molecule has 0 aliphatic carbocycles. The van der Waals surface area contributed by atoms with Gasteiger partial charge in [-0.2, -0.15) is 13.2 Å². The quantitative estimate of drug-likeness (QED) is 0.920. The highest BCUT2D eigenvalue weighted by atomic mass is 35.5. The van der Waals surface area contributed by atoms with Gasteiger partial charge in [-0.05, 0) is 37.6 Å². The largest absolute Gasteiger partial charge is 0.416 e. The molecule has 0 bridgehead atoms. The van der Waals surface area contributed by atoms with Gasteiger partial charge >= 0.3 is 6.18 Å². The van der Waals surface area contributed by atoms with E-state index in [1.165, 1.54) is 6.07 Å². The number of carbonyl (C=O) groups is 1. The molecular weight excluding hydrogens is 317 g/mol. The van der Waals surface area contributed by atoms with Crippen LogP contribution in [0.4, 0.5) is 13.2 Å². The molecule has 0 aromatic heterocycles. The maximum atomic E-state index is 12.7. The molecule has 1 aromatic rings. The molecule has 22 heavy (non-hydrogen) atoms. The molecule has 124 valence electrons. The number of amides is 1. The van der Waals surface area contributed by atoms with E-state index in [4.69, 9.17) is 0 Å². The first kappa shape index (κ1) is 18.8. The van der Waals surface area contributed by atoms with Crippen molar-refractivity contribution in [2.45, 2.75) is 31.5 Å². The highest BCUT2D eigenvalue weighted by Gasteiger charge is 2.30. The van der Waals surface area contributed by atoms with Crippen molar-refractivity contribution in [3.8, 4) is 0 Å². The van der Waals surface area contributed by atoms with Crippen LogP contribution in [0.2, 0.25) is 0 Å². The van der Waals surface area contributed by atoms with Crippen LogP contribution in [0.3, 0.4) is 0 Å². The number of halogens is 4. The molecule has 0 spiro atoms. The van der Waals surface area contributed by atoms with Crippen LogP contribution >= 0.6 is 12.4 Å². The average Bonchev–Trinajstić information content (AvgIpc) is 2.47. The van der Waals surface area contributed by atoms with Gasteiger partial charge in [0, 0.05) is 13.1 Å². The van der Waals surface area contributed by atoms with Crippen LogP contribution in [0.15, 0.2) is 24.3 Å². The number of piperidine rings is 1. The minimum Gasteiger partial charge on any atom is -0.342 e. The monoisotopic (exact) mass is 336 g/mol. The summed E-state index contributed by atoms with van der Waals surface area (Å²) >= 11 is 0. The molecular formula is C15H20ClF3N2O. The van der Waals surface area contributed by atoms with Crippen LogP contribution in [-0.2, 0) is 17.4 Å². The fourth-order valence-corrected chi connectivity index (χ4v) is 2.55. The zero-order valence-corrected chi connectivity index (χ0v) is 13.1. The van der Waals surface area contributed by atoms with Crippen molar-refractivity contribution < 1.29 is 18.0 Å². The number of hydrogen-bond acceptors (Lipinski definition) is 2. The van der Waals surface area contributed by atoms with Crippen molar-refractivity contribution in [1.82, 2.24) is 10.2 Å². The summed E-state index contributed by atoms with van der Waals surface area (Å²) in [5, 5.41) is 3.22. The van der Waals surface area contributed by atoms with Gasteiger partial charge < -0.3 is 10.2 Å². The van der Waals surface area contributed by atoms with Gasteiger partial charge in [-0.3, -0.25) is 4.79 Å². The van der Waals surface area contributed by atoms with Gasteiger partial charge in [0.25, 0.3) is 0 Å². The van der Waals surface area contributed by atoms with Crippen molar-refractivity contribution in [2.75, 3.05) is 20.1 Å². The normalized spacial score (nSPS) is 16.0. The Morgan fingerprint density at radius 3 is 2.55 bits per heavy atom. The Morgan fingerprint density at radius 1 is 1.32 bits per heavy atom. The summed E-state index contributed by atoms with van der Waals surface area (Å²) in [6.07, 6.45) is -2.61. The molecule has 1 heterocycles. The molecule has 3 nitrogen and oxygen atoms in total. The van der Waals surface area contributed by atoms with E-state index in [0.29, 0.717) is 5.56 Å². The third kappa shape index (κ3) is 4.88. The second kappa shape index (κ2) is 7.83. The first-order valence-corrected chi connectivity index (χ1v) is 7.00. The number of hydrogen-bond donors (Lipinski definition) is 1. The minimum atomic E-state index is -4.38. The summed E-state index contributed by atoms with van der Waals surface area (Å²) in [6.45, 7) is 1.73. The second-order valence-corrected chi connectivity index (χ2v) is 5.36. The lowest BCUT2D eigenvalue weighted by atomic mass is 10.0. The maximum Gasteiger partial charge on any atom is 0.416 e. The summed E-state index contributed by atoms with van der Waals surface area (Å²) in [6, 6.07) is 5.14. The van der Waals surface area contributed by atoms with Gasteiger partial charge in [0.05, 0.1) is 12.0 Å². The van der Waals surface area contributed by atoms with E-state index in [-0.39, 0.29) is 30.8 Å². The Hall–Kier alpha value is -1.27. The number of nitrogens with zero attached hydrogens (tertiary/aromatic N) is 1.